The predicted octanol–water partition coefficient (Wildman–Crippen LogP) is 2.26. The zero-order chi connectivity index (χ0) is 19.4. The SMILES string of the molecule is COc1ccc(S(=O)(=O)Nc2ccc(OC)c(N3CCN(C)CC3)c2)cc1. The number of benzene rings is 2. The molecule has 0 atom stereocenters. The Bertz CT molecular complexity index is 876. The summed E-state index contributed by atoms with van der Waals surface area (Å²) in [6, 6.07) is 11.6. The van der Waals surface area contributed by atoms with Crippen molar-refractivity contribution < 1.29 is 17.9 Å². The summed E-state index contributed by atoms with van der Waals surface area (Å²) >= 11 is 0. The van der Waals surface area contributed by atoms with Crippen molar-refractivity contribution in [1.29, 1.82) is 0 Å². The average molecular weight is 391 g/mol. The van der Waals surface area contributed by atoms with Crippen LogP contribution in [0.15, 0.2) is 47.4 Å². The molecular formula is C19H25N3O4S. The van der Waals surface area contributed by atoms with Crippen LogP contribution in [0.3, 0.4) is 0 Å². The van der Waals surface area contributed by atoms with E-state index in [4.69, 9.17) is 9.47 Å². The third-order valence-electron chi connectivity index (χ3n) is 4.64. The second kappa shape index (κ2) is 8.06. The predicted molar refractivity (Wildman–Crippen MR) is 107 cm³/mol. The normalized spacial score (nSPS) is 15.4. The zero-order valence-electron chi connectivity index (χ0n) is 15.8. The first-order chi connectivity index (χ1) is 12.9. The number of methoxy groups -OCH3 is 2. The molecule has 1 saturated heterocycles. The van der Waals surface area contributed by atoms with Gasteiger partial charge in [-0.1, -0.05) is 0 Å². The minimum Gasteiger partial charge on any atom is -0.497 e. The first-order valence-electron chi connectivity index (χ1n) is 8.71. The van der Waals surface area contributed by atoms with Crippen LogP contribution in [0, 0.1) is 0 Å². The highest BCUT2D eigenvalue weighted by molar-refractivity contribution is 7.92. The van der Waals surface area contributed by atoms with Crippen LogP contribution in [-0.4, -0.2) is 60.8 Å². The molecule has 3 rings (SSSR count). The third kappa shape index (κ3) is 4.45. The fraction of sp³-hybridized carbons (Fsp3) is 0.368. The van der Waals surface area contributed by atoms with Crippen molar-refractivity contribution in [2.75, 3.05) is 57.1 Å². The Kier molecular flexibility index (Phi) is 5.76. The lowest BCUT2D eigenvalue weighted by Gasteiger charge is -2.35. The Balaban J connectivity index is 1.84. The van der Waals surface area contributed by atoms with Gasteiger partial charge in [-0.25, -0.2) is 8.42 Å². The molecule has 2 aromatic carbocycles. The lowest BCUT2D eigenvalue weighted by Crippen LogP contribution is -2.44. The van der Waals surface area contributed by atoms with Gasteiger partial charge in [0.25, 0.3) is 10.0 Å². The molecule has 1 heterocycles. The van der Waals surface area contributed by atoms with Crippen LogP contribution in [0.4, 0.5) is 11.4 Å². The van der Waals surface area contributed by atoms with Crippen LogP contribution >= 0.6 is 0 Å². The van der Waals surface area contributed by atoms with Gasteiger partial charge < -0.3 is 19.3 Å². The van der Waals surface area contributed by atoms with E-state index >= 15 is 0 Å². The maximum Gasteiger partial charge on any atom is 0.261 e. The number of likely N-dealkylation sites (N-methyl/N-ethyl adjacent to an activating group) is 1. The summed E-state index contributed by atoms with van der Waals surface area (Å²) in [5.74, 6) is 1.34. The first-order valence-corrected chi connectivity index (χ1v) is 10.2. The van der Waals surface area contributed by atoms with Crippen molar-refractivity contribution in [2.24, 2.45) is 0 Å². The Labute approximate surface area is 160 Å². The molecule has 1 aliphatic rings. The van der Waals surface area contributed by atoms with Crippen LogP contribution in [0.5, 0.6) is 11.5 Å². The van der Waals surface area contributed by atoms with Gasteiger partial charge in [0.15, 0.2) is 0 Å². The van der Waals surface area contributed by atoms with Gasteiger partial charge in [0.1, 0.15) is 11.5 Å². The summed E-state index contributed by atoms with van der Waals surface area (Å²) in [5, 5.41) is 0. The fourth-order valence-electron chi connectivity index (χ4n) is 3.02. The van der Waals surface area contributed by atoms with Crippen molar-refractivity contribution in [1.82, 2.24) is 4.90 Å². The van der Waals surface area contributed by atoms with Gasteiger partial charge in [-0.2, -0.15) is 0 Å². The van der Waals surface area contributed by atoms with E-state index in [9.17, 15) is 8.42 Å². The zero-order valence-corrected chi connectivity index (χ0v) is 16.6. The van der Waals surface area contributed by atoms with Gasteiger partial charge in [0.2, 0.25) is 0 Å². The summed E-state index contributed by atoms with van der Waals surface area (Å²) in [4.78, 5) is 4.66. The van der Waals surface area contributed by atoms with E-state index in [-0.39, 0.29) is 4.90 Å². The van der Waals surface area contributed by atoms with E-state index in [0.29, 0.717) is 11.4 Å². The topological polar surface area (TPSA) is 71.1 Å². The quantitative estimate of drug-likeness (QED) is 0.815. The molecule has 0 bridgehead atoms. The second-order valence-corrected chi connectivity index (χ2v) is 8.14. The molecule has 1 aliphatic heterocycles. The van der Waals surface area contributed by atoms with Crippen LogP contribution in [-0.2, 0) is 10.0 Å². The number of nitrogens with zero attached hydrogens (tertiary/aromatic N) is 2. The molecule has 146 valence electrons. The first kappa shape index (κ1) is 19.3. The van der Waals surface area contributed by atoms with Crippen molar-refractivity contribution in [3.05, 3.63) is 42.5 Å². The van der Waals surface area contributed by atoms with Gasteiger partial charge in [-0.05, 0) is 49.5 Å². The summed E-state index contributed by atoms with van der Waals surface area (Å²) in [6.07, 6.45) is 0. The van der Waals surface area contributed by atoms with Gasteiger partial charge in [0, 0.05) is 26.2 Å². The maximum atomic E-state index is 12.7. The number of hydrogen-bond donors (Lipinski definition) is 1. The lowest BCUT2D eigenvalue weighted by molar-refractivity contribution is 0.311. The van der Waals surface area contributed by atoms with Gasteiger partial charge in [-0.3, -0.25) is 4.72 Å². The smallest absolute Gasteiger partial charge is 0.261 e. The molecule has 7 nitrogen and oxygen atoms in total. The molecule has 0 saturated carbocycles. The number of nitrogens with one attached hydrogen (secondary N) is 1. The number of anilines is 2. The molecule has 2 aromatic rings. The summed E-state index contributed by atoms with van der Waals surface area (Å²) in [5.41, 5.74) is 1.39. The molecule has 0 aromatic heterocycles. The monoisotopic (exact) mass is 391 g/mol. The number of piperazine rings is 1. The minimum atomic E-state index is -3.69. The molecule has 1 fully saturated rings. The van der Waals surface area contributed by atoms with Crippen LogP contribution in [0.2, 0.25) is 0 Å². The molecule has 0 aliphatic carbocycles. The summed E-state index contributed by atoms with van der Waals surface area (Å²) in [6.45, 7) is 3.62. The van der Waals surface area contributed by atoms with Crippen molar-refractivity contribution >= 4 is 21.4 Å². The number of sulfonamides is 1. The van der Waals surface area contributed by atoms with Crippen molar-refractivity contribution in [3.8, 4) is 11.5 Å². The Hall–Kier alpha value is -2.45. The molecule has 1 N–H and O–H groups in total. The van der Waals surface area contributed by atoms with E-state index in [2.05, 4.69) is 21.6 Å². The number of ether oxygens (including phenoxy) is 2. The maximum absolute atomic E-state index is 12.7. The largest absolute Gasteiger partial charge is 0.497 e. The van der Waals surface area contributed by atoms with E-state index < -0.39 is 10.0 Å². The minimum absolute atomic E-state index is 0.181. The molecule has 0 amide bonds. The lowest BCUT2D eigenvalue weighted by atomic mass is 10.2. The van der Waals surface area contributed by atoms with E-state index in [0.717, 1.165) is 37.6 Å². The third-order valence-corrected chi connectivity index (χ3v) is 6.04. The van der Waals surface area contributed by atoms with Gasteiger partial charge in [-0.15, -0.1) is 0 Å². The van der Waals surface area contributed by atoms with E-state index in [1.807, 2.05) is 6.07 Å². The highest BCUT2D eigenvalue weighted by Crippen LogP contribution is 2.33. The van der Waals surface area contributed by atoms with Gasteiger partial charge in [0.05, 0.1) is 30.5 Å². The molecule has 0 spiro atoms. The van der Waals surface area contributed by atoms with Gasteiger partial charge >= 0.3 is 0 Å². The summed E-state index contributed by atoms with van der Waals surface area (Å²) in [7, 11) is 1.57. The average Bonchev–Trinajstić information content (AvgIpc) is 2.68. The number of hydrogen-bond acceptors (Lipinski definition) is 6. The molecule has 0 unspecified atom stereocenters. The molecule has 0 radical (unpaired) electrons. The van der Waals surface area contributed by atoms with Crippen LogP contribution in [0.1, 0.15) is 0 Å². The summed E-state index contributed by atoms with van der Waals surface area (Å²) < 4.78 is 38.6. The molecule has 8 heteroatoms. The van der Waals surface area contributed by atoms with E-state index in [1.165, 1.54) is 12.1 Å². The highest BCUT2D eigenvalue weighted by Gasteiger charge is 2.20. The number of rotatable bonds is 6. The molecular weight excluding hydrogens is 366 g/mol. The highest BCUT2D eigenvalue weighted by atomic mass is 32.2. The van der Waals surface area contributed by atoms with E-state index in [1.54, 1.807) is 38.5 Å². The van der Waals surface area contributed by atoms with Crippen molar-refractivity contribution in [2.45, 2.75) is 4.90 Å². The fourth-order valence-corrected chi connectivity index (χ4v) is 4.07. The van der Waals surface area contributed by atoms with Crippen molar-refractivity contribution in [3.63, 3.8) is 0 Å². The second-order valence-electron chi connectivity index (χ2n) is 6.46. The molecule has 27 heavy (non-hydrogen) atoms. The Morgan fingerprint density at radius 3 is 2.19 bits per heavy atom. The van der Waals surface area contributed by atoms with Crippen LogP contribution < -0.4 is 19.1 Å². The van der Waals surface area contributed by atoms with Crippen LogP contribution in [0.25, 0.3) is 0 Å². The Morgan fingerprint density at radius 2 is 1.59 bits per heavy atom. The standard InChI is InChI=1S/C19H25N3O4S/c1-21-10-12-22(13-11-21)18-14-15(4-9-19(18)26-3)20-27(23,24)17-7-5-16(25-2)6-8-17/h4-9,14,20H,10-13H2,1-3H3. The Morgan fingerprint density at radius 1 is 0.926 bits per heavy atom.